The van der Waals surface area contributed by atoms with Crippen LogP contribution in [-0.2, 0) is 16.4 Å². The standard InChI is InChI=1S/C27H37N3O6S/c1-4-27(5-2,16-9-17-28)19-24(30-37(34,35)22-14-12-21(36-3)13-15-22)25(31)23(29-26(32)33)18-20-10-7-6-8-11-20/h6-8,10-15,23-25,29-31H,4-5,9,16,18-19H2,1-3H3,(H,32,33)/t23-,24?,25+/m0/s1. The lowest BCUT2D eigenvalue weighted by atomic mass is 9.72. The average molecular weight is 532 g/mol. The van der Waals surface area contributed by atoms with Gasteiger partial charge in [-0.15, -0.1) is 0 Å². The van der Waals surface area contributed by atoms with Gasteiger partial charge in [0.1, 0.15) is 5.75 Å². The minimum atomic E-state index is -4.08. The summed E-state index contributed by atoms with van der Waals surface area (Å²) < 4.78 is 34.5. The molecule has 0 spiro atoms. The smallest absolute Gasteiger partial charge is 0.404 e. The molecule has 10 heteroatoms. The zero-order valence-corrected chi connectivity index (χ0v) is 22.4. The van der Waals surface area contributed by atoms with Gasteiger partial charge in [0, 0.05) is 6.42 Å². The number of methoxy groups -OCH3 is 1. The fourth-order valence-corrected chi connectivity index (χ4v) is 5.85. The lowest BCUT2D eigenvalue weighted by Crippen LogP contribution is -2.56. The van der Waals surface area contributed by atoms with Gasteiger partial charge in [-0.25, -0.2) is 17.9 Å². The van der Waals surface area contributed by atoms with Gasteiger partial charge in [-0.05, 0) is 54.5 Å². The quantitative estimate of drug-likeness (QED) is 0.270. The molecule has 1 unspecified atom stereocenters. The molecule has 0 aliphatic rings. The predicted molar refractivity (Wildman–Crippen MR) is 141 cm³/mol. The van der Waals surface area contributed by atoms with E-state index in [2.05, 4.69) is 16.1 Å². The number of carboxylic acid groups (broad SMARTS) is 1. The van der Waals surface area contributed by atoms with Crippen molar-refractivity contribution in [2.75, 3.05) is 7.11 Å². The Kier molecular flexibility index (Phi) is 11.4. The van der Waals surface area contributed by atoms with E-state index in [1.165, 1.54) is 31.4 Å². The van der Waals surface area contributed by atoms with Crippen molar-refractivity contribution >= 4 is 16.1 Å². The van der Waals surface area contributed by atoms with E-state index in [1.807, 2.05) is 44.2 Å². The number of benzene rings is 2. The Labute approximate surface area is 219 Å². The topological polar surface area (TPSA) is 149 Å². The third-order valence-electron chi connectivity index (χ3n) is 7.03. The molecule has 2 rings (SSSR count). The second-order valence-electron chi connectivity index (χ2n) is 9.21. The third kappa shape index (κ3) is 8.74. The highest BCUT2D eigenvalue weighted by molar-refractivity contribution is 7.89. The summed E-state index contributed by atoms with van der Waals surface area (Å²) in [5.41, 5.74) is 0.364. The number of amides is 1. The summed E-state index contributed by atoms with van der Waals surface area (Å²) in [4.78, 5) is 11.6. The van der Waals surface area contributed by atoms with Gasteiger partial charge >= 0.3 is 6.09 Å². The molecule has 0 radical (unpaired) electrons. The van der Waals surface area contributed by atoms with Crippen LogP contribution in [0.25, 0.3) is 0 Å². The molecule has 1 amide bonds. The van der Waals surface area contributed by atoms with Crippen LogP contribution >= 0.6 is 0 Å². The lowest BCUT2D eigenvalue weighted by molar-refractivity contribution is 0.0631. The molecular formula is C27H37N3O6S. The van der Waals surface area contributed by atoms with Crippen LogP contribution in [0.2, 0.25) is 0 Å². The lowest BCUT2D eigenvalue weighted by Gasteiger charge is -2.38. The Morgan fingerprint density at radius 1 is 1.08 bits per heavy atom. The van der Waals surface area contributed by atoms with Crippen LogP contribution in [-0.4, -0.2) is 50.0 Å². The van der Waals surface area contributed by atoms with E-state index < -0.39 is 39.7 Å². The van der Waals surface area contributed by atoms with E-state index >= 15 is 0 Å². The fraction of sp³-hybridized carbons (Fsp3) is 0.481. The number of aliphatic hydroxyl groups is 1. The normalized spacial score (nSPS) is 14.2. The molecule has 0 heterocycles. The number of ether oxygens (including phenoxy) is 1. The van der Waals surface area contributed by atoms with Crippen molar-refractivity contribution in [1.29, 1.82) is 5.26 Å². The van der Waals surface area contributed by atoms with E-state index in [1.54, 1.807) is 0 Å². The number of nitrogens with zero attached hydrogens (tertiary/aromatic N) is 1. The number of nitriles is 1. The average Bonchev–Trinajstić information content (AvgIpc) is 2.90. The van der Waals surface area contributed by atoms with Crippen LogP contribution < -0.4 is 14.8 Å². The number of aliphatic hydroxyl groups excluding tert-OH is 1. The maximum Gasteiger partial charge on any atom is 0.404 e. The van der Waals surface area contributed by atoms with E-state index in [4.69, 9.17) is 4.74 Å². The Balaban J connectivity index is 2.47. The molecule has 0 aliphatic carbocycles. The first-order valence-electron chi connectivity index (χ1n) is 12.3. The van der Waals surface area contributed by atoms with Crippen LogP contribution in [0.4, 0.5) is 4.79 Å². The minimum absolute atomic E-state index is 0.00748. The van der Waals surface area contributed by atoms with Gasteiger partial charge < -0.3 is 20.3 Å². The summed E-state index contributed by atoms with van der Waals surface area (Å²) in [6, 6.07) is 15.1. The molecule has 3 atom stereocenters. The minimum Gasteiger partial charge on any atom is -0.497 e. The van der Waals surface area contributed by atoms with Gasteiger partial charge in [-0.2, -0.15) is 5.26 Å². The largest absolute Gasteiger partial charge is 0.497 e. The van der Waals surface area contributed by atoms with Crippen molar-refractivity contribution in [2.45, 2.75) is 75.5 Å². The fourth-order valence-electron chi connectivity index (χ4n) is 4.60. The number of nitrogens with one attached hydrogen (secondary N) is 2. The Morgan fingerprint density at radius 2 is 1.70 bits per heavy atom. The summed E-state index contributed by atoms with van der Waals surface area (Å²) in [5, 5.41) is 32.6. The van der Waals surface area contributed by atoms with Crippen LogP contribution in [0.5, 0.6) is 5.75 Å². The van der Waals surface area contributed by atoms with Crippen LogP contribution in [0.3, 0.4) is 0 Å². The molecule has 0 fully saturated rings. The van der Waals surface area contributed by atoms with E-state index in [0.717, 1.165) is 5.56 Å². The first-order chi connectivity index (χ1) is 17.6. The molecule has 0 saturated heterocycles. The van der Waals surface area contributed by atoms with Crippen LogP contribution in [0.1, 0.15) is 51.5 Å². The number of sulfonamides is 1. The van der Waals surface area contributed by atoms with Gasteiger partial charge in [0.05, 0.1) is 36.3 Å². The third-order valence-corrected chi connectivity index (χ3v) is 8.53. The Hall–Kier alpha value is -3.13. The SMILES string of the molecule is CCC(CC)(CCC#N)CC(NS(=O)(=O)c1ccc(OC)cc1)[C@H](O)[C@H](Cc1ccccc1)NC(=O)O. The molecule has 0 saturated carbocycles. The van der Waals surface area contributed by atoms with Crippen molar-refractivity contribution in [1.82, 2.24) is 10.0 Å². The van der Waals surface area contributed by atoms with Crippen LogP contribution in [0, 0.1) is 16.7 Å². The number of rotatable bonds is 15. The van der Waals surface area contributed by atoms with Crippen molar-refractivity contribution < 1.29 is 28.2 Å². The second-order valence-corrected chi connectivity index (χ2v) is 10.9. The molecular weight excluding hydrogens is 494 g/mol. The molecule has 2 aromatic rings. The summed E-state index contributed by atoms with van der Waals surface area (Å²) in [6.45, 7) is 3.94. The van der Waals surface area contributed by atoms with Crippen LogP contribution in [0.15, 0.2) is 59.5 Å². The van der Waals surface area contributed by atoms with Crippen molar-refractivity contribution in [3.05, 3.63) is 60.2 Å². The van der Waals surface area contributed by atoms with Crippen molar-refractivity contribution in [2.24, 2.45) is 5.41 Å². The van der Waals surface area contributed by atoms with Gasteiger partial charge in [-0.1, -0.05) is 57.0 Å². The highest BCUT2D eigenvalue weighted by Gasteiger charge is 2.38. The molecule has 37 heavy (non-hydrogen) atoms. The second kappa shape index (κ2) is 14.0. The van der Waals surface area contributed by atoms with Gasteiger partial charge in [0.25, 0.3) is 0 Å². The van der Waals surface area contributed by atoms with Gasteiger partial charge in [0.15, 0.2) is 0 Å². The molecule has 9 nitrogen and oxygen atoms in total. The molecule has 2 aromatic carbocycles. The molecule has 4 N–H and O–H groups in total. The van der Waals surface area contributed by atoms with E-state index in [0.29, 0.717) is 25.0 Å². The zero-order chi connectivity index (χ0) is 27.5. The Bertz CT molecular complexity index is 1130. The molecule has 0 aromatic heterocycles. The summed E-state index contributed by atoms with van der Waals surface area (Å²) in [6.07, 6.45) is -0.176. The number of carbonyl (C=O) groups is 1. The monoisotopic (exact) mass is 531 g/mol. The Morgan fingerprint density at radius 3 is 2.22 bits per heavy atom. The highest BCUT2D eigenvalue weighted by atomic mass is 32.2. The first kappa shape index (κ1) is 30.1. The van der Waals surface area contributed by atoms with Gasteiger partial charge in [0.2, 0.25) is 10.0 Å². The summed E-state index contributed by atoms with van der Waals surface area (Å²) in [7, 11) is -2.60. The molecule has 0 bridgehead atoms. The number of hydrogen-bond acceptors (Lipinski definition) is 6. The van der Waals surface area contributed by atoms with Crippen molar-refractivity contribution in [3.8, 4) is 11.8 Å². The zero-order valence-electron chi connectivity index (χ0n) is 21.6. The van der Waals surface area contributed by atoms with E-state index in [-0.39, 0.29) is 24.2 Å². The summed E-state index contributed by atoms with van der Waals surface area (Å²) in [5.74, 6) is 0.497. The van der Waals surface area contributed by atoms with E-state index in [9.17, 15) is 28.7 Å². The molecule has 0 aliphatic heterocycles. The highest BCUT2D eigenvalue weighted by Crippen LogP contribution is 2.38. The number of hydrogen-bond donors (Lipinski definition) is 4. The molecule has 202 valence electrons. The maximum atomic E-state index is 13.4. The maximum absolute atomic E-state index is 13.4. The van der Waals surface area contributed by atoms with Gasteiger partial charge in [-0.3, -0.25) is 0 Å². The predicted octanol–water partition coefficient (Wildman–Crippen LogP) is 4.08. The first-order valence-corrected chi connectivity index (χ1v) is 13.8. The summed E-state index contributed by atoms with van der Waals surface area (Å²) >= 11 is 0. The van der Waals surface area contributed by atoms with Crippen molar-refractivity contribution in [3.63, 3.8) is 0 Å².